The molecule has 0 aromatic rings. The maximum absolute atomic E-state index is 12.0. The van der Waals surface area contributed by atoms with Gasteiger partial charge < -0.3 is 34.3 Å². The summed E-state index contributed by atoms with van der Waals surface area (Å²) in [5.74, 6) is -0.391. The van der Waals surface area contributed by atoms with Crippen molar-refractivity contribution >= 4 is 0 Å². The average Bonchev–Trinajstić information content (AvgIpc) is 3.30. The monoisotopic (exact) mass is 382 g/mol. The maximum atomic E-state index is 12.0. The van der Waals surface area contributed by atoms with Crippen LogP contribution in [-0.2, 0) is 18.9 Å². The second kappa shape index (κ2) is 4.56. The van der Waals surface area contributed by atoms with Gasteiger partial charge in [0, 0.05) is 17.3 Å². The van der Waals surface area contributed by atoms with Crippen LogP contribution in [0.2, 0.25) is 0 Å². The van der Waals surface area contributed by atoms with Gasteiger partial charge in [-0.1, -0.05) is 27.7 Å². The first-order chi connectivity index (χ1) is 12.6. The molecule has 6 aliphatic rings. The predicted molar refractivity (Wildman–Crippen MR) is 91.6 cm³/mol. The Morgan fingerprint density at radius 1 is 1.04 bits per heavy atom. The van der Waals surface area contributed by atoms with Gasteiger partial charge in [0.2, 0.25) is 0 Å². The van der Waals surface area contributed by atoms with Crippen molar-refractivity contribution in [3.63, 3.8) is 0 Å². The van der Waals surface area contributed by atoms with Gasteiger partial charge in [0.15, 0.2) is 6.29 Å². The smallest absolute Gasteiger partial charge is 0.165 e. The van der Waals surface area contributed by atoms with Gasteiger partial charge in [0.1, 0.15) is 17.3 Å². The SMILES string of the molecule is C[C@@H]1COC2C(O)C34C5OCC3(OC3OCCC34[C@H](C(C)(C)C)[C@H]5O)[C@]21O. The molecule has 4 aliphatic heterocycles. The van der Waals surface area contributed by atoms with Gasteiger partial charge in [-0.2, -0.15) is 0 Å². The molecule has 0 aromatic heterocycles. The molecular weight excluding hydrogens is 352 g/mol. The van der Waals surface area contributed by atoms with Crippen LogP contribution in [0, 0.1) is 28.1 Å². The maximum Gasteiger partial charge on any atom is 0.165 e. The third-order valence-corrected chi connectivity index (χ3v) is 9.12. The zero-order valence-corrected chi connectivity index (χ0v) is 16.3. The third-order valence-electron chi connectivity index (χ3n) is 9.12. The van der Waals surface area contributed by atoms with Gasteiger partial charge in [0.05, 0.1) is 43.5 Å². The summed E-state index contributed by atoms with van der Waals surface area (Å²) in [6, 6.07) is 0. The lowest BCUT2D eigenvalue weighted by molar-refractivity contribution is -0.245. The van der Waals surface area contributed by atoms with E-state index in [4.69, 9.17) is 18.9 Å². The molecular formula is C20H30O7. The molecule has 2 aliphatic carbocycles. The van der Waals surface area contributed by atoms with E-state index in [0.29, 0.717) is 19.6 Å². The number of rotatable bonds is 0. The minimum absolute atomic E-state index is 0.144. The first kappa shape index (κ1) is 17.6. The van der Waals surface area contributed by atoms with Crippen molar-refractivity contribution < 1.29 is 34.3 Å². The largest absolute Gasteiger partial charge is 0.390 e. The number of hydrogen-bond donors (Lipinski definition) is 3. The fraction of sp³-hybridized carbons (Fsp3) is 1.00. The molecule has 7 nitrogen and oxygen atoms in total. The summed E-state index contributed by atoms with van der Waals surface area (Å²) in [7, 11) is 0. The molecule has 27 heavy (non-hydrogen) atoms. The Kier molecular flexibility index (Phi) is 2.97. The molecule has 6 rings (SSSR count). The molecule has 11 atom stereocenters. The normalized spacial score (nSPS) is 66.1. The molecule has 4 heterocycles. The lowest BCUT2D eigenvalue weighted by Crippen LogP contribution is -2.63. The topological polar surface area (TPSA) is 97.6 Å². The summed E-state index contributed by atoms with van der Waals surface area (Å²) in [4.78, 5) is 0. The number of aliphatic hydroxyl groups excluding tert-OH is 2. The summed E-state index contributed by atoms with van der Waals surface area (Å²) in [5, 5.41) is 35.1. The Balaban J connectivity index is 1.67. The highest BCUT2D eigenvalue weighted by molar-refractivity contribution is 5.43. The zero-order valence-electron chi connectivity index (χ0n) is 16.3. The second-order valence-corrected chi connectivity index (χ2v) is 10.8. The van der Waals surface area contributed by atoms with Crippen molar-refractivity contribution in [2.75, 3.05) is 19.8 Å². The van der Waals surface area contributed by atoms with Gasteiger partial charge in [-0.25, -0.2) is 0 Å². The van der Waals surface area contributed by atoms with Crippen LogP contribution in [0.15, 0.2) is 0 Å². The Labute approximate surface area is 158 Å². The lowest BCUT2D eigenvalue weighted by Gasteiger charge is -2.48. The number of hydrogen-bond acceptors (Lipinski definition) is 7. The van der Waals surface area contributed by atoms with Crippen LogP contribution in [-0.4, -0.2) is 77.0 Å². The average molecular weight is 382 g/mol. The molecule has 6 fully saturated rings. The van der Waals surface area contributed by atoms with E-state index in [1.54, 1.807) is 0 Å². The molecule has 0 bridgehead atoms. The van der Waals surface area contributed by atoms with Crippen molar-refractivity contribution in [1.82, 2.24) is 0 Å². The van der Waals surface area contributed by atoms with Crippen molar-refractivity contribution in [2.45, 2.75) is 76.0 Å². The van der Waals surface area contributed by atoms with Crippen LogP contribution in [0.25, 0.3) is 0 Å². The zero-order chi connectivity index (χ0) is 19.2. The van der Waals surface area contributed by atoms with Gasteiger partial charge >= 0.3 is 0 Å². The summed E-state index contributed by atoms with van der Waals surface area (Å²) >= 11 is 0. The Morgan fingerprint density at radius 3 is 2.48 bits per heavy atom. The van der Waals surface area contributed by atoms with E-state index < -0.39 is 52.7 Å². The van der Waals surface area contributed by atoms with Crippen molar-refractivity contribution in [2.24, 2.45) is 28.1 Å². The summed E-state index contributed by atoms with van der Waals surface area (Å²) in [6.07, 6.45) is -2.96. The standard InChI is InChI=1S/C20H30O7/c1-9-7-25-14-12(22)19-13-10(21)11(16(2,3)4)17(19)5-6-24-15(17)27-18(19,8-26-13)20(9,14)23/h9-15,21-23H,5-8H2,1-4H3/t9-,10-,11+,12?,13?,14?,15?,17?,18?,19?,20-/m1/s1. The van der Waals surface area contributed by atoms with E-state index in [1.165, 1.54) is 0 Å². The second-order valence-electron chi connectivity index (χ2n) is 10.8. The van der Waals surface area contributed by atoms with E-state index in [9.17, 15) is 15.3 Å². The number of aliphatic hydroxyl groups is 3. The van der Waals surface area contributed by atoms with Crippen LogP contribution >= 0.6 is 0 Å². The fourth-order valence-corrected chi connectivity index (χ4v) is 8.68. The minimum atomic E-state index is -1.37. The third kappa shape index (κ3) is 1.35. The molecule has 0 aromatic carbocycles. The Hall–Kier alpha value is -0.280. The van der Waals surface area contributed by atoms with E-state index in [0.717, 1.165) is 0 Å². The van der Waals surface area contributed by atoms with E-state index >= 15 is 0 Å². The van der Waals surface area contributed by atoms with Crippen LogP contribution < -0.4 is 0 Å². The van der Waals surface area contributed by atoms with Gasteiger partial charge in [-0.05, 0) is 11.8 Å². The highest BCUT2D eigenvalue weighted by Crippen LogP contribution is 2.84. The highest BCUT2D eigenvalue weighted by atomic mass is 16.7. The van der Waals surface area contributed by atoms with Gasteiger partial charge in [0.25, 0.3) is 0 Å². The van der Waals surface area contributed by atoms with Crippen LogP contribution in [0.3, 0.4) is 0 Å². The Bertz CT molecular complexity index is 707. The van der Waals surface area contributed by atoms with Crippen LogP contribution in [0.1, 0.15) is 34.1 Å². The number of fused-ring (bicyclic) bond motifs is 1. The molecule has 2 spiro atoms. The quantitative estimate of drug-likeness (QED) is 0.545. The Morgan fingerprint density at radius 2 is 1.78 bits per heavy atom. The molecule has 4 saturated heterocycles. The first-order valence-electron chi connectivity index (χ1n) is 10.2. The van der Waals surface area contributed by atoms with Crippen molar-refractivity contribution in [3.05, 3.63) is 0 Å². The molecule has 3 N–H and O–H groups in total. The summed E-state index contributed by atoms with van der Waals surface area (Å²) in [5.41, 5.74) is -4.30. The molecule has 152 valence electrons. The summed E-state index contributed by atoms with van der Waals surface area (Å²) in [6.45, 7) is 9.29. The highest BCUT2D eigenvalue weighted by Gasteiger charge is 2.98. The lowest BCUT2D eigenvalue weighted by atomic mass is 9.52. The molecule has 7 unspecified atom stereocenters. The van der Waals surface area contributed by atoms with E-state index in [-0.39, 0.29) is 23.9 Å². The van der Waals surface area contributed by atoms with Crippen LogP contribution in [0.4, 0.5) is 0 Å². The van der Waals surface area contributed by atoms with Crippen molar-refractivity contribution in [3.8, 4) is 0 Å². The minimum Gasteiger partial charge on any atom is -0.390 e. The molecule has 7 heteroatoms. The first-order valence-corrected chi connectivity index (χ1v) is 10.2. The van der Waals surface area contributed by atoms with Crippen LogP contribution in [0.5, 0.6) is 0 Å². The van der Waals surface area contributed by atoms with Gasteiger partial charge in [-0.3, -0.25) is 0 Å². The molecule has 2 saturated carbocycles. The van der Waals surface area contributed by atoms with Gasteiger partial charge in [-0.15, -0.1) is 0 Å². The molecule has 0 amide bonds. The fourth-order valence-electron chi connectivity index (χ4n) is 8.68. The molecule has 0 radical (unpaired) electrons. The van der Waals surface area contributed by atoms with E-state index in [1.807, 2.05) is 6.92 Å². The number of ether oxygens (including phenoxy) is 4. The van der Waals surface area contributed by atoms with E-state index in [2.05, 4.69) is 20.8 Å². The predicted octanol–water partition coefficient (Wildman–Crippen LogP) is 0.0507. The van der Waals surface area contributed by atoms with Crippen molar-refractivity contribution in [1.29, 1.82) is 0 Å². The summed E-state index contributed by atoms with van der Waals surface area (Å²) < 4.78 is 24.8.